The van der Waals surface area contributed by atoms with Gasteiger partial charge in [-0.2, -0.15) is 0 Å². The smallest absolute Gasteiger partial charge is 0.323 e. The van der Waals surface area contributed by atoms with Gasteiger partial charge >= 0.3 is 12.0 Å². The number of amides is 2. The average molecular weight is 298 g/mol. The minimum Gasteiger partial charge on any atom is -0.480 e. The van der Waals surface area contributed by atoms with Gasteiger partial charge in [0.25, 0.3) is 0 Å². The number of unbranched alkanes of at least 4 members (excludes halogenated alkanes) is 2. The number of hydrogen-bond acceptors (Lipinski definition) is 2. The standard InChI is InChI=1S/C16H30N2O3/c1-4-5-8-11-17(13(2)3)16(21)18(12-15(19)20)14-9-6-7-10-14/h13-14H,4-12H2,1-3H3,(H,19,20). The third kappa shape index (κ3) is 5.56. The molecule has 0 aliphatic heterocycles. The molecule has 21 heavy (non-hydrogen) atoms. The zero-order valence-corrected chi connectivity index (χ0v) is 13.7. The van der Waals surface area contributed by atoms with Crippen LogP contribution in [0.1, 0.15) is 65.7 Å². The molecule has 0 aromatic carbocycles. The molecule has 0 heterocycles. The molecule has 0 aromatic rings. The molecular formula is C16H30N2O3. The molecule has 5 heteroatoms. The third-order valence-electron chi connectivity index (χ3n) is 4.19. The molecule has 1 aliphatic rings. The molecule has 5 nitrogen and oxygen atoms in total. The van der Waals surface area contributed by atoms with Crippen molar-refractivity contribution in [2.45, 2.75) is 77.8 Å². The third-order valence-corrected chi connectivity index (χ3v) is 4.19. The molecule has 1 fully saturated rings. The number of carbonyl (C=O) groups excluding carboxylic acids is 1. The molecule has 1 saturated carbocycles. The summed E-state index contributed by atoms with van der Waals surface area (Å²) in [4.78, 5) is 27.3. The normalized spacial score (nSPS) is 15.4. The van der Waals surface area contributed by atoms with Gasteiger partial charge in [0.1, 0.15) is 6.54 Å². The quantitative estimate of drug-likeness (QED) is 0.699. The highest BCUT2D eigenvalue weighted by atomic mass is 16.4. The molecule has 0 spiro atoms. The van der Waals surface area contributed by atoms with Crippen LogP contribution in [0.4, 0.5) is 4.79 Å². The maximum Gasteiger partial charge on any atom is 0.323 e. The van der Waals surface area contributed by atoms with E-state index in [2.05, 4.69) is 6.92 Å². The van der Waals surface area contributed by atoms with Gasteiger partial charge in [-0.15, -0.1) is 0 Å². The Morgan fingerprint density at radius 1 is 1.19 bits per heavy atom. The predicted molar refractivity (Wildman–Crippen MR) is 83.4 cm³/mol. The van der Waals surface area contributed by atoms with Gasteiger partial charge in [-0.05, 0) is 33.1 Å². The summed E-state index contributed by atoms with van der Waals surface area (Å²) >= 11 is 0. The molecule has 0 saturated heterocycles. The number of nitrogens with zero attached hydrogens (tertiary/aromatic N) is 2. The van der Waals surface area contributed by atoms with Gasteiger partial charge in [0, 0.05) is 18.6 Å². The zero-order valence-electron chi connectivity index (χ0n) is 13.7. The van der Waals surface area contributed by atoms with Crippen LogP contribution in [-0.2, 0) is 4.79 Å². The second-order valence-electron chi connectivity index (χ2n) is 6.24. The van der Waals surface area contributed by atoms with Gasteiger partial charge < -0.3 is 14.9 Å². The molecule has 122 valence electrons. The number of aliphatic carboxylic acids is 1. The van der Waals surface area contributed by atoms with Crippen molar-refractivity contribution in [1.82, 2.24) is 9.80 Å². The van der Waals surface area contributed by atoms with E-state index in [1.54, 1.807) is 4.90 Å². The Kier molecular flexibility index (Phi) is 7.54. The summed E-state index contributed by atoms with van der Waals surface area (Å²) in [7, 11) is 0. The van der Waals surface area contributed by atoms with Gasteiger partial charge in [-0.25, -0.2) is 4.79 Å². The Morgan fingerprint density at radius 2 is 1.81 bits per heavy atom. The minimum absolute atomic E-state index is 0.0982. The average Bonchev–Trinajstić information content (AvgIpc) is 2.93. The lowest BCUT2D eigenvalue weighted by molar-refractivity contribution is -0.138. The zero-order chi connectivity index (χ0) is 15.8. The predicted octanol–water partition coefficient (Wildman–Crippen LogP) is 3.34. The van der Waals surface area contributed by atoms with E-state index in [4.69, 9.17) is 5.11 Å². The SMILES string of the molecule is CCCCCN(C(=O)N(CC(=O)O)C1CCCC1)C(C)C. The van der Waals surface area contributed by atoms with Crippen LogP contribution in [0.5, 0.6) is 0 Å². The highest BCUT2D eigenvalue weighted by molar-refractivity contribution is 5.80. The first-order valence-corrected chi connectivity index (χ1v) is 8.26. The maximum absolute atomic E-state index is 12.8. The highest BCUT2D eigenvalue weighted by Gasteiger charge is 2.32. The first-order valence-electron chi connectivity index (χ1n) is 8.26. The van der Waals surface area contributed by atoms with Gasteiger partial charge in [0.15, 0.2) is 0 Å². The Bertz CT molecular complexity index is 338. The van der Waals surface area contributed by atoms with E-state index in [9.17, 15) is 9.59 Å². The molecule has 0 bridgehead atoms. The van der Waals surface area contributed by atoms with E-state index in [1.165, 1.54) is 0 Å². The Morgan fingerprint density at radius 3 is 2.29 bits per heavy atom. The molecule has 1 aliphatic carbocycles. The maximum atomic E-state index is 12.8. The van der Waals surface area contributed by atoms with E-state index in [0.29, 0.717) is 6.54 Å². The van der Waals surface area contributed by atoms with Crippen LogP contribution >= 0.6 is 0 Å². The molecule has 1 rings (SSSR count). The minimum atomic E-state index is -0.924. The lowest BCUT2D eigenvalue weighted by atomic mass is 10.2. The summed E-state index contributed by atoms with van der Waals surface area (Å²) in [5, 5.41) is 9.12. The highest BCUT2D eigenvalue weighted by Crippen LogP contribution is 2.25. The van der Waals surface area contributed by atoms with Crippen LogP contribution in [0, 0.1) is 0 Å². The topological polar surface area (TPSA) is 60.9 Å². The molecule has 0 unspecified atom stereocenters. The molecule has 2 amide bonds. The summed E-state index contributed by atoms with van der Waals surface area (Å²) in [6, 6.07) is 0.100. The van der Waals surface area contributed by atoms with Gasteiger partial charge in [-0.1, -0.05) is 32.6 Å². The first-order chi connectivity index (χ1) is 9.97. The van der Waals surface area contributed by atoms with Crippen molar-refractivity contribution in [2.75, 3.05) is 13.1 Å². The lowest BCUT2D eigenvalue weighted by Gasteiger charge is -2.35. The van der Waals surface area contributed by atoms with Crippen LogP contribution in [0.3, 0.4) is 0 Å². The van der Waals surface area contributed by atoms with Crippen molar-refractivity contribution in [3.8, 4) is 0 Å². The van der Waals surface area contributed by atoms with Gasteiger partial charge in [0.05, 0.1) is 0 Å². The van der Waals surface area contributed by atoms with E-state index < -0.39 is 5.97 Å². The van der Waals surface area contributed by atoms with Gasteiger partial charge in [-0.3, -0.25) is 4.79 Å². The van der Waals surface area contributed by atoms with E-state index in [1.807, 2.05) is 18.7 Å². The fourth-order valence-corrected chi connectivity index (χ4v) is 2.99. The van der Waals surface area contributed by atoms with E-state index in [-0.39, 0.29) is 24.7 Å². The Balaban J connectivity index is 2.75. The summed E-state index contributed by atoms with van der Waals surface area (Å²) in [6.45, 7) is 6.67. The summed E-state index contributed by atoms with van der Waals surface area (Å²) < 4.78 is 0. The van der Waals surface area contributed by atoms with Crippen LogP contribution in [-0.4, -0.2) is 52.1 Å². The number of carboxylic acid groups (broad SMARTS) is 1. The van der Waals surface area contributed by atoms with E-state index in [0.717, 1.165) is 44.9 Å². The number of carboxylic acids is 1. The number of urea groups is 1. The molecule has 1 N–H and O–H groups in total. The number of rotatable bonds is 8. The largest absolute Gasteiger partial charge is 0.480 e. The van der Waals surface area contributed by atoms with Crippen molar-refractivity contribution < 1.29 is 14.7 Å². The van der Waals surface area contributed by atoms with Crippen LogP contribution in [0.25, 0.3) is 0 Å². The number of carbonyl (C=O) groups is 2. The monoisotopic (exact) mass is 298 g/mol. The van der Waals surface area contributed by atoms with Crippen molar-refractivity contribution in [2.24, 2.45) is 0 Å². The van der Waals surface area contributed by atoms with Crippen molar-refractivity contribution in [1.29, 1.82) is 0 Å². The second-order valence-corrected chi connectivity index (χ2v) is 6.24. The molecule has 0 radical (unpaired) electrons. The van der Waals surface area contributed by atoms with Crippen molar-refractivity contribution in [3.05, 3.63) is 0 Å². The fraction of sp³-hybridized carbons (Fsp3) is 0.875. The molecule has 0 atom stereocenters. The second kappa shape index (κ2) is 8.90. The molecular weight excluding hydrogens is 268 g/mol. The summed E-state index contributed by atoms with van der Waals surface area (Å²) in [5.41, 5.74) is 0. The molecule has 0 aromatic heterocycles. The van der Waals surface area contributed by atoms with Crippen LogP contribution in [0.15, 0.2) is 0 Å². The fourth-order valence-electron chi connectivity index (χ4n) is 2.99. The summed E-state index contributed by atoms with van der Waals surface area (Å²) in [5.74, 6) is -0.924. The number of hydrogen-bond donors (Lipinski definition) is 1. The summed E-state index contributed by atoms with van der Waals surface area (Å²) in [6.07, 6.45) is 7.23. The first kappa shape index (κ1) is 17.8. The van der Waals surface area contributed by atoms with Crippen molar-refractivity contribution >= 4 is 12.0 Å². The van der Waals surface area contributed by atoms with Crippen LogP contribution < -0.4 is 0 Å². The van der Waals surface area contributed by atoms with E-state index >= 15 is 0 Å². The lowest BCUT2D eigenvalue weighted by Crippen LogP contribution is -2.51. The van der Waals surface area contributed by atoms with Crippen molar-refractivity contribution in [3.63, 3.8) is 0 Å². The Hall–Kier alpha value is -1.26. The van der Waals surface area contributed by atoms with Gasteiger partial charge in [0.2, 0.25) is 0 Å². The Labute approximate surface area is 128 Å². The van der Waals surface area contributed by atoms with Crippen LogP contribution in [0.2, 0.25) is 0 Å².